The van der Waals surface area contributed by atoms with E-state index in [4.69, 9.17) is 16.3 Å². The van der Waals surface area contributed by atoms with Crippen LogP contribution in [0.5, 0.6) is 0 Å². The first-order valence-electron chi connectivity index (χ1n) is 6.69. The van der Waals surface area contributed by atoms with Crippen LogP contribution in [0.4, 0.5) is 0 Å². The van der Waals surface area contributed by atoms with E-state index >= 15 is 0 Å². The zero-order chi connectivity index (χ0) is 15.9. The highest BCUT2D eigenvalue weighted by Gasteiger charge is 2.13. The predicted octanol–water partition coefficient (Wildman–Crippen LogP) is 2.77. The Morgan fingerprint density at radius 2 is 2.09 bits per heavy atom. The van der Waals surface area contributed by atoms with Gasteiger partial charge in [0.15, 0.2) is 6.61 Å². The highest BCUT2D eigenvalue weighted by Crippen LogP contribution is 2.17. The summed E-state index contributed by atoms with van der Waals surface area (Å²) in [5.41, 5.74) is 1.04. The zero-order valence-corrected chi connectivity index (χ0v) is 12.7. The summed E-state index contributed by atoms with van der Waals surface area (Å²) in [6.07, 6.45) is 1.48. The fourth-order valence-corrected chi connectivity index (χ4v) is 2.03. The van der Waals surface area contributed by atoms with E-state index in [0.29, 0.717) is 5.02 Å². The molecule has 1 N–H and O–H groups in total. The van der Waals surface area contributed by atoms with Gasteiger partial charge in [-0.15, -0.1) is 0 Å². The fraction of sp³-hybridized carbons (Fsp3) is 0.188. The lowest BCUT2D eigenvalue weighted by molar-refractivity contribution is -0.124. The summed E-state index contributed by atoms with van der Waals surface area (Å²) in [7, 11) is 0. The number of aromatic nitrogens is 1. The van der Waals surface area contributed by atoms with Crippen molar-refractivity contribution in [3.63, 3.8) is 0 Å². The number of carbonyl (C=O) groups is 2. The number of carbonyl (C=O) groups excluding carboxylic acids is 2. The number of nitrogens with zero attached hydrogens (tertiary/aromatic N) is 1. The molecule has 0 aliphatic heterocycles. The molecule has 0 saturated heterocycles. The van der Waals surface area contributed by atoms with Crippen molar-refractivity contribution in [3.05, 3.63) is 64.9 Å². The zero-order valence-electron chi connectivity index (χ0n) is 12.0. The molecular weight excluding hydrogens is 304 g/mol. The van der Waals surface area contributed by atoms with Crippen molar-refractivity contribution in [2.45, 2.75) is 13.0 Å². The van der Waals surface area contributed by atoms with Crippen molar-refractivity contribution < 1.29 is 14.3 Å². The molecule has 0 spiro atoms. The Hall–Kier alpha value is -2.40. The van der Waals surface area contributed by atoms with E-state index in [2.05, 4.69) is 10.3 Å². The molecule has 1 aromatic heterocycles. The molecule has 0 aliphatic carbocycles. The summed E-state index contributed by atoms with van der Waals surface area (Å²) < 4.78 is 4.91. The van der Waals surface area contributed by atoms with Crippen molar-refractivity contribution in [1.82, 2.24) is 10.3 Å². The lowest BCUT2D eigenvalue weighted by Crippen LogP contribution is -2.31. The predicted molar refractivity (Wildman–Crippen MR) is 82.5 cm³/mol. The molecule has 0 saturated carbocycles. The van der Waals surface area contributed by atoms with Crippen LogP contribution in [0.3, 0.4) is 0 Å². The molecule has 0 unspecified atom stereocenters. The quantitative estimate of drug-likeness (QED) is 0.861. The Kier molecular flexibility index (Phi) is 5.49. The van der Waals surface area contributed by atoms with Crippen LogP contribution >= 0.6 is 11.6 Å². The number of nitrogens with one attached hydrogen (secondary N) is 1. The number of rotatable bonds is 5. The first-order valence-corrected chi connectivity index (χ1v) is 7.07. The lowest BCUT2D eigenvalue weighted by Gasteiger charge is -2.14. The Labute approximate surface area is 133 Å². The minimum atomic E-state index is -0.633. The molecular formula is C16H15ClN2O3. The van der Waals surface area contributed by atoms with E-state index in [1.807, 2.05) is 13.0 Å². The molecule has 2 aromatic rings. The second kappa shape index (κ2) is 7.56. The molecule has 0 aliphatic rings. The van der Waals surface area contributed by atoms with Gasteiger partial charge in [-0.05, 0) is 36.8 Å². The summed E-state index contributed by atoms with van der Waals surface area (Å²) in [5, 5.41) is 3.33. The van der Waals surface area contributed by atoms with E-state index in [1.165, 1.54) is 12.3 Å². The number of halogens is 1. The normalized spacial score (nSPS) is 11.5. The molecule has 0 radical (unpaired) electrons. The first kappa shape index (κ1) is 16.0. The summed E-state index contributed by atoms with van der Waals surface area (Å²) in [6.45, 7) is 1.46. The molecule has 5 nitrogen and oxygen atoms in total. The Morgan fingerprint density at radius 1 is 1.27 bits per heavy atom. The largest absolute Gasteiger partial charge is 0.451 e. The van der Waals surface area contributed by atoms with Gasteiger partial charge in [-0.25, -0.2) is 9.78 Å². The standard InChI is InChI=1S/C16H15ClN2O3/c1-11(12-5-4-6-13(17)9-12)19-15(20)10-22-16(21)14-7-2-3-8-18-14/h2-9,11H,10H2,1H3,(H,19,20)/t11-/m1/s1. The third-order valence-corrected chi connectivity index (χ3v) is 3.17. The molecule has 1 heterocycles. The number of benzene rings is 1. The van der Waals surface area contributed by atoms with Crippen LogP contribution in [0.15, 0.2) is 48.7 Å². The Morgan fingerprint density at radius 3 is 2.77 bits per heavy atom. The van der Waals surface area contributed by atoms with Crippen LogP contribution in [0.2, 0.25) is 5.02 Å². The van der Waals surface area contributed by atoms with Gasteiger partial charge in [-0.2, -0.15) is 0 Å². The Balaban J connectivity index is 1.84. The van der Waals surface area contributed by atoms with Gasteiger partial charge in [0, 0.05) is 11.2 Å². The first-order chi connectivity index (χ1) is 10.6. The van der Waals surface area contributed by atoms with E-state index in [9.17, 15) is 9.59 Å². The van der Waals surface area contributed by atoms with Crippen LogP contribution in [0.1, 0.15) is 29.0 Å². The second-order valence-corrected chi connectivity index (χ2v) is 5.07. The minimum Gasteiger partial charge on any atom is -0.451 e. The molecule has 22 heavy (non-hydrogen) atoms. The van der Waals surface area contributed by atoms with Gasteiger partial charge in [0.1, 0.15) is 5.69 Å². The fourth-order valence-electron chi connectivity index (χ4n) is 1.83. The van der Waals surface area contributed by atoms with Gasteiger partial charge in [0.05, 0.1) is 6.04 Å². The van der Waals surface area contributed by atoms with Crippen molar-refractivity contribution in [2.24, 2.45) is 0 Å². The van der Waals surface area contributed by atoms with Crippen molar-refractivity contribution >= 4 is 23.5 Å². The maximum Gasteiger partial charge on any atom is 0.357 e. The van der Waals surface area contributed by atoms with Crippen LogP contribution < -0.4 is 5.32 Å². The minimum absolute atomic E-state index is 0.165. The monoisotopic (exact) mass is 318 g/mol. The van der Waals surface area contributed by atoms with Gasteiger partial charge in [0.2, 0.25) is 0 Å². The molecule has 114 valence electrons. The molecule has 0 bridgehead atoms. The maximum absolute atomic E-state index is 11.8. The van der Waals surface area contributed by atoms with Crippen LogP contribution in [0.25, 0.3) is 0 Å². The van der Waals surface area contributed by atoms with E-state index in [-0.39, 0.29) is 18.3 Å². The van der Waals surface area contributed by atoms with Gasteiger partial charge < -0.3 is 10.1 Å². The van der Waals surface area contributed by atoms with E-state index < -0.39 is 11.9 Å². The van der Waals surface area contributed by atoms with Crippen LogP contribution in [-0.4, -0.2) is 23.5 Å². The van der Waals surface area contributed by atoms with Gasteiger partial charge >= 0.3 is 5.97 Å². The average molecular weight is 319 g/mol. The SMILES string of the molecule is C[C@@H](NC(=O)COC(=O)c1ccccn1)c1cccc(Cl)c1. The maximum atomic E-state index is 11.8. The molecule has 2 rings (SSSR count). The Bertz CT molecular complexity index is 661. The highest BCUT2D eigenvalue weighted by atomic mass is 35.5. The van der Waals surface area contributed by atoms with Crippen LogP contribution in [-0.2, 0) is 9.53 Å². The van der Waals surface area contributed by atoms with Crippen molar-refractivity contribution in [3.8, 4) is 0 Å². The summed E-state index contributed by atoms with van der Waals surface area (Å²) in [4.78, 5) is 27.3. The topological polar surface area (TPSA) is 68.3 Å². The number of hydrogen-bond acceptors (Lipinski definition) is 4. The molecule has 1 amide bonds. The molecule has 1 atom stereocenters. The van der Waals surface area contributed by atoms with Gasteiger partial charge in [-0.1, -0.05) is 29.8 Å². The summed E-state index contributed by atoms with van der Waals surface area (Å²) in [5.74, 6) is -1.03. The number of ether oxygens (including phenoxy) is 1. The van der Waals surface area contributed by atoms with Gasteiger partial charge in [0.25, 0.3) is 5.91 Å². The molecule has 6 heteroatoms. The smallest absolute Gasteiger partial charge is 0.357 e. The van der Waals surface area contributed by atoms with Crippen molar-refractivity contribution in [2.75, 3.05) is 6.61 Å². The van der Waals surface area contributed by atoms with E-state index in [1.54, 1.807) is 30.3 Å². The number of pyridine rings is 1. The number of hydrogen-bond donors (Lipinski definition) is 1. The molecule has 1 aromatic carbocycles. The third-order valence-electron chi connectivity index (χ3n) is 2.93. The summed E-state index contributed by atoms with van der Waals surface area (Å²) >= 11 is 5.91. The third kappa shape index (κ3) is 4.56. The van der Waals surface area contributed by atoms with Crippen LogP contribution in [0, 0.1) is 0 Å². The number of amides is 1. The average Bonchev–Trinajstić information content (AvgIpc) is 2.53. The second-order valence-electron chi connectivity index (χ2n) is 4.64. The number of esters is 1. The summed E-state index contributed by atoms with van der Waals surface area (Å²) in [6, 6.07) is 11.8. The van der Waals surface area contributed by atoms with Crippen molar-refractivity contribution in [1.29, 1.82) is 0 Å². The molecule has 0 fully saturated rings. The van der Waals surface area contributed by atoms with Gasteiger partial charge in [-0.3, -0.25) is 4.79 Å². The highest BCUT2D eigenvalue weighted by molar-refractivity contribution is 6.30. The lowest BCUT2D eigenvalue weighted by atomic mass is 10.1. The van der Waals surface area contributed by atoms with E-state index in [0.717, 1.165) is 5.56 Å².